The van der Waals surface area contributed by atoms with Gasteiger partial charge >= 0.3 is 6.03 Å². The molecule has 0 atom stereocenters. The summed E-state index contributed by atoms with van der Waals surface area (Å²) in [6.07, 6.45) is 0. The van der Waals surface area contributed by atoms with Crippen LogP contribution in [0.5, 0.6) is 0 Å². The van der Waals surface area contributed by atoms with Crippen molar-refractivity contribution in [3.05, 3.63) is 9.85 Å². The van der Waals surface area contributed by atoms with Gasteiger partial charge in [-0.1, -0.05) is 11.6 Å². The number of rotatable bonds is 4. The molecule has 0 aliphatic carbocycles. The molecule has 0 unspecified atom stereocenters. The minimum atomic E-state index is -0.530. The van der Waals surface area contributed by atoms with Gasteiger partial charge in [0, 0.05) is 18.5 Å². The van der Waals surface area contributed by atoms with Crippen LogP contribution in [0.3, 0.4) is 0 Å². The van der Waals surface area contributed by atoms with Crippen molar-refractivity contribution in [2.24, 2.45) is 5.73 Å². The highest BCUT2D eigenvalue weighted by Crippen LogP contribution is 2.17. The number of amides is 2. The minimum Gasteiger partial charge on any atom is -0.368 e. The summed E-state index contributed by atoms with van der Waals surface area (Å²) in [4.78, 5) is 14.2. The SMILES string of the molecule is NC(=O)NCCNc1csc(Cl)n1. The number of hydrogen-bond donors (Lipinski definition) is 3. The van der Waals surface area contributed by atoms with Crippen LogP contribution in [-0.4, -0.2) is 24.1 Å². The Morgan fingerprint density at radius 3 is 3.00 bits per heavy atom. The number of primary amides is 1. The zero-order valence-electron chi connectivity index (χ0n) is 6.71. The maximum Gasteiger partial charge on any atom is 0.312 e. The average Bonchev–Trinajstić information content (AvgIpc) is 2.45. The fourth-order valence-corrected chi connectivity index (χ4v) is 1.43. The maximum atomic E-state index is 10.3. The Balaban J connectivity index is 2.16. The lowest BCUT2D eigenvalue weighted by Gasteiger charge is -2.02. The Morgan fingerprint density at radius 1 is 1.69 bits per heavy atom. The van der Waals surface area contributed by atoms with Crippen LogP contribution in [0, 0.1) is 0 Å². The van der Waals surface area contributed by atoms with Gasteiger partial charge in [-0.05, 0) is 0 Å². The van der Waals surface area contributed by atoms with E-state index >= 15 is 0 Å². The molecule has 1 heterocycles. The second-order valence-corrected chi connectivity index (χ2v) is 3.64. The molecule has 13 heavy (non-hydrogen) atoms. The van der Waals surface area contributed by atoms with Crippen LogP contribution in [0.25, 0.3) is 0 Å². The molecule has 1 aromatic heterocycles. The van der Waals surface area contributed by atoms with Crippen LogP contribution in [0.15, 0.2) is 5.38 Å². The van der Waals surface area contributed by atoms with Gasteiger partial charge in [0.2, 0.25) is 0 Å². The van der Waals surface area contributed by atoms with E-state index in [9.17, 15) is 4.79 Å². The molecule has 0 saturated heterocycles. The van der Waals surface area contributed by atoms with Crippen LogP contribution in [0.2, 0.25) is 4.47 Å². The van der Waals surface area contributed by atoms with E-state index in [1.165, 1.54) is 11.3 Å². The van der Waals surface area contributed by atoms with Gasteiger partial charge in [-0.2, -0.15) is 0 Å². The summed E-state index contributed by atoms with van der Waals surface area (Å²) in [7, 11) is 0. The molecule has 0 aliphatic rings. The Morgan fingerprint density at radius 2 is 2.46 bits per heavy atom. The van der Waals surface area contributed by atoms with Gasteiger partial charge in [-0.25, -0.2) is 9.78 Å². The number of aromatic nitrogens is 1. The highest BCUT2D eigenvalue weighted by molar-refractivity contribution is 7.14. The molecule has 1 rings (SSSR count). The summed E-state index contributed by atoms with van der Waals surface area (Å²) >= 11 is 6.95. The van der Waals surface area contributed by atoms with E-state index in [1.54, 1.807) is 5.38 Å². The van der Waals surface area contributed by atoms with E-state index in [0.717, 1.165) is 0 Å². The molecular weight excluding hydrogens is 212 g/mol. The number of thiazole rings is 1. The van der Waals surface area contributed by atoms with Crippen molar-refractivity contribution in [2.45, 2.75) is 0 Å². The lowest BCUT2D eigenvalue weighted by Crippen LogP contribution is -2.33. The third-order valence-electron chi connectivity index (χ3n) is 1.21. The predicted molar refractivity (Wildman–Crippen MR) is 53.2 cm³/mol. The maximum absolute atomic E-state index is 10.3. The van der Waals surface area contributed by atoms with Crippen molar-refractivity contribution >= 4 is 34.8 Å². The monoisotopic (exact) mass is 220 g/mol. The number of nitrogens with zero attached hydrogens (tertiary/aromatic N) is 1. The van der Waals surface area contributed by atoms with Crippen LogP contribution in [-0.2, 0) is 0 Å². The Hall–Kier alpha value is -1.01. The van der Waals surface area contributed by atoms with Crippen LogP contribution in [0.4, 0.5) is 10.6 Å². The molecule has 0 fully saturated rings. The quantitative estimate of drug-likeness (QED) is 0.659. The van der Waals surface area contributed by atoms with Crippen molar-refractivity contribution in [3.8, 4) is 0 Å². The normalized spacial score (nSPS) is 9.62. The van der Waals surface area contributed by atoms with E-state index in [4.69, 9.17) is 17.3 Å². The van der Waals surface area contributed by atoms with Crippen molar-refractivity contribution in [3.63, 3.8) is 0 Å². The molecule has 2 amide bonds. The van der Waals surface area contributed by atoms with Crippen LogP contribution in [0.1, 0.15) is 0 Å². The lowest BCUT2D eigenvalue weighted by atomic mass is 10.6. The zero-order valence-corrected chi connectivity index (χ0v) is 8.28. The van der Waals surface area contributed by atoms with Gasteiger partial charge in [-0.15, -0.1) is 11.3 Å². The minimum absolute atomic E-state index is 0.463. The third-order valence-corrected chi connectivity index (χ3v) is 2.19. The third kappa shape index (κ3) is 3.95. The average molecular weight is 221 g/mol. The molecule has 0 bridgehead atoms. The summed E-state index contributed by atoms with van der Waals surface area (Å²) in [5, 5.41) is 7.21. The number of urea groups is 1. The van der Waals surface area contributed by atoms with Crippen molar-refractivity contribution in [1.82, 2.24) is 10.3 Å². The van der Waals surface area contributed by atoms with Gasteiger partial charge in [0.05, 0.1) is 0 Å². The van der Waals surface area contributed by atoms with Crippen LogP contribution >= 0.6 is 22.9 Å². The molecule has 0 saturated carbocycles. The zero-order chi connectivity index (χ0) is 9.68. The van der Waals surface area contributed by atoms with Gasteiger partial charge in [0.1, 0.15) is 5.82 Å². The molecule has 0 radical (unpaired) electrons. The fourth-order valence-electron chi connectivity index (χ4n) is 0.709. The molecule has 1 aromatic rings. The lowest BCUT2D eigenvalue weighted by molar-refractivity contribution is 0.249. The first-order valence-electron chi connectivity index (χ1n) is 3.56. The number of anilines is 1. The highest BCUT2D eigenvalue weighted by Gasteiger charge is 1.97. The largest absolute Gasteiger partial charge is 0.368 e. The number of hydrogen-bond acceptors (Lipinski definition) is 4. The fraction of sp³-hybridized carbons (Fsp3) is 0.333. The summed E-state index contributed by atoms with van der Waals surface area (Å²) in [5.41, 5.74) is 4.86. The Labute approximate surface area is 84.3 Å². The summed E-state index contributed by atoms with van der Waals surface area (Å²) in [6.45, 7) is 1.04. The van der Waals surface area contributed by atoms with Gasteiger partial charge in [0.15, 0.2) is 4.47 Å². The van der Waals surface area contributed by atoms with E-state index < -0.39 is 6.03 Å². The number of carbonyl (C=O) groups is 1. The number of nitrogens with one attached hydrogen (secondary N) is 2. The highest BCUT2D eigenvalue weighted by atomic mass is 35.5. The van der Waals surface area contributed by atoms with Gasteiger partial charge < -0.3 is 16.4 Å². The Kier molecular flexibility index (Phi) is 3.78. The summed E-state index contributed by atoms with van der Waals surface area (Å²) < 4.78 is 0.491. The van der Waals surface area contributed by atoms with Crippen molar-refractivity contribution in [2.75, 3.05) is 18.4 Å². The van der Waals surface area contributed by atoms with E-state index in [2.05, 4.69) is 15.6 Å². The van der Waals surface area contributed by atoms with E-state index in [0.29, 0.717) is 23.4 Å². The number of halogens is 1. The first kappa shape index (κ1) is 10.1. The molecule has 7 heteroatoms. The second-order valence-electron chi connectivity index (χ2n) is 2.20. The predicted octanol–water partition coefficient (Wildman–Crippen LogP) is 0.877. The molecule has 5 nitrogen and oxygen atoms in total. The van der Waals surface area contributed by atoms with Crippen molar-refractivity contribution < 1.29 is 4.79 Å². The smallest absolute Gasteiger partial charge is 0.312 e. The van der Waals surface area contributed by atoms with E-state index in [1.807, 2.05) is 0 Å². The standard InChI is InChI=1S/C6H9ClN4OS/c7-5-11-4(3-13-5)9-1-2-10-6(8)12/h3,9H,1-2H2,(H3,8,10,12). The first-order valence-corrected chi connectivity index (χ1v) is 4.82. The molecule has 0 spiro atoms. The first-order chi connectivity index (χ1) is 6.18. The van der Waals surface area contributed by atoms with Gasteiger partial charge in [-0.3, -0.25) is 0 Å². The summed E-state index contributed by atoms with van der Waals surface area (Å²) in [5.74, 6) is 0.710. The number of nitrogens with two attached hydrogens (primary N) is 1. The Bertz CT molecular complexity index is 290. The van der Waals surface area contributed by atoms with Gasteiger partial charge in [0.25, 0.3) is 0 Å². The van der Waals surface area contributed by atoms with Crippen molar-refractivity contribution in [1.29, 1.82) is 0 Å². The molecule has 0 aromatic carbocycles. The molecule has 0 aliphatic heterocycles. The second kappa shape index (κ2) is 4.88. The molecule has 72 valence electrons. The summed E-state index contributed by atoms with van der Waals surface area (Å²) in [6, 6.07) is -0.530. The van der Waals surface area contributed by atoms with E-state index in [-0.39, 0.29) is 0 Å². The topological polar surface area (TPSA) is 80.0 Å². The number of carbonyl (C=O) groups excluding carboxylic acids is 1. The van der Waals surface area contributed by atoms with Crippen LogP contribution < -0.4 is 16.4 Å². The molecule has 4 N–H and O–H groups in total. The molecular formula is C6H9ClN4OS.